The minimum atomic E-state index is 0.455. The van der Waals surface area contributed by atoms with Crippen LogP contribution in [0.25, 0.3) is 11.2 Å². The maximum Gasteiger partial charge on any atom is 0.258 e. The first-order chi connectivity index (χ1) is 19.3. The van der Waals surface area contributed by atoms with Gasteiger partial charge >= 0.3 is 0 Å². The van der Waals surface area contributed by atoms with E-state index >= 15 is 0 Å². The fourth-order valence-corrected chi connectivity index (χ4v) is 4.58. The van der Waals surface area contributed by atoms with Gasteiger partial charge in [0.15, 0.2) is 22.8 Å². The summed E-state index contributed by atoms with van der Waals surface area (Å²) in [4.78, 5) is 23.9. The molecule has 2 fully saturated rings. The zero-order valence-electron chi connectivity index (χ0n) is 22.7. The molecule has 0 spiro atoms. The SMILES string of the molecule is CCOc1nc2c(NCCN3CCOCC3)nc(NCc3ccccc3)nc2nc1NCCN1CCOCC1. The number of fused-ring (bicyclic) bond motifs is 1. The number of ether oxygens (including phenoxy) is 3. The second kappa shape index (κ2) is 14.2. The molecule has 2 aliphatic heterocycles. The molecule has 3 N–H and O–H groups in total. The van der Waals surface area contributed by atoms with Crippen molar-refractivity contribution in [2.75, 3.05) is 101 Å². The molecule has 0 saturated carbocycles. The fourth-order valence-electron chi connectivity index (χ4n) is 4.58. The lowest BCUT2D eigenvalue weighted by atomic mass is 10.2. The second-order valence-electron chi connectivity index (χ2n) is 9.48. The highest BCUT2D eigenvalue weighted by Crippen LogP contribution is 2.27. The molecule has 0 atom stereocenters. The van der Waals surface area contributed by atoms with Gasteiger partial charge in [0.05, 0.1) is 33.0 Å². The van der Waals surface area contributed by atoms with E-state index in [1.54, 1.807) is 0 Å². The smallest absolute Gasteiger partial charge is 0.258 e. The van der Waals surface area contributed by atoms with E-state index < -0.39 is 0 Å². The van der Waals surface area contributed by atoms with Crippen molar-refractivity contribution in [1.29, 1.82) is 0 Å². The topological polar surface area (TPSA) is 122 Å². The average Bonchev–Trinajstić information content (AvgIpc) is 2.98. The first-order valence-corrected chi connectivity index (χ1v) is 13.9. The molecule has 4 heterocycles. The predicted molar refractivity (Wildman–Crippen MR) is 152 cm³/mol. The molecular formula is C27H39N9O3. The Balaban J connectivity index is 1.36. The highest BCUT2D eigenvalue weighted by molar-refractivity contribution is 5.85. The van der Waals surface area contributed by atoms with E-state index in [-0.39, 0.29) is 0 Å². The van der Waals surface area contributed by atoms with Crippen LogP contribution in [0.5, 0.6) is 5.88 Å². The summed E-state index contributed by atoms with van der Waals surface area (Å²) in [5, 5.41) is 10.2. The van der Waals surface area contributed by atoms with Crippen LogP contribution in [0.1, 0.15) is 12.5 Å². The zero-order chi connectivity index (χ0) is 26.7. The lowest BCUT2D eigenvalue weighted by Crippen LogP contribution is -2.39. The normalized spacial score (nSPS) is 16.7. The van der Waals surface area contributed by atoms with Crippen molar-refractivity contribution in [2.24, 2.45) is 0 Å². The van der Waals surface area contributed by atoms with Crippen LogP contribution in [0.15, 0.2) is 30.3 Å². The number of hydrogen-bond donors (Lipinski definition) is 3. The maximum absolute atomic E-state index is 5.89. The highest BCUT2D eigenvalue weighted by Gasteiger charge is 2.18. The molecule has 0 bridgehead atoms. The van der Waals surface area contributed by atoms with Gasteiger partial charge in [0.1, 0.15) is 0 Å². The molecule has 3 aromatic rings. The van der Waals surface area contributed by atoms with Crippen LogP contribution >= 0.6 is 0 Å². The number of hydrogen-bond acceptors (Lipinski definition) is 12. The standard InChI is InChI=1S/C27H39N9O3/c1-2-39-26-25(29-9-11-36-14-18-38-19-15-36)32-24-22(31-26)23(28-8-10-35-12-16-37-17-13-35)33-27(34-24)30-20-21-6-4-3-5-7-21/h3-7H,2,8-20H2,1H3,(H3,28,29,30,32,33,34). The van der Waals surface area contributed by atoms with Crippen molar-refractivity contribution in [3.8, 4) is 5.88 Å². The van der Waals surface area contributed by atoms with Crippen molar-refractivity contribution >= 4 is 28.7 Å². The average molecular weight is 538 g/mol. The minimum absolute atomic E-state index is 0.455. The Morgan fingerprint density at radius 3 is 2.05 bits per heavy atom. The van der Waals surface area contributed by atoms with Gasteiger partial charge in [-0.05, 0) is 12.5 Å². The summed E-state index contributed by atoms with van der Waals surface area (Å²) < 4.78 is 16.8. The molecule has 0 aliphatic carbocycles. The van der Waals surface area contributed by atoms with Gasteiger partial charge in [-0.15, -0.1) is 0 Å². The Bertz CT molecular complexity index is 1170. The molecule has 2 aromatic heterocycles. The molecule has 2 saturated heterocycles. The highest BCUT2D eigenvalue weighted by atomic mass is 16.5. The predicted octanol–water partition coefficient (Wildman–Crippen LogP) is 1.92. The quantitative estimate of drug-likeness (QED) is 0.295. The van der Waals surface area contributed by atoms with Gasteiger partial charge in [-0.3, -0.25) is 9.80 Å². The van der Waals surface area contributed by atoms with Crippen molar-refractivity contribution in [1.82, 2.24) is 29.7 Å². The molecule has 0 unspecified atom stereocenters. The van der Waals surface area contributed by atoms with E-state index in [2.05, 4.69) is 37.9 Å². The lowest BCUT2D eigenvalue weighted by Gasteiger charge is -2.26. The van der Waals surface area contributed by atoms with Crippen LogP contribution in [0.2, 0.25) is 0 Å². The molecular weight excluding hydrogens is 498 g/mol. The van der Waals surface area contributed by atoms with Crippen LogP contribution < -0.4 is 20.7 Å². The van der Waals surface area contributed by atoms with Crippen LogP contribution in [-0.4, -0.2) is 115 Å². The van der Waals surface area contributed by atoms with Gasteiger partial charge in [0, 0.05) is 58.9 Å². The van der Waals surface area contributed by atoms with E-state index in [4.69, 9.17) is 34.1 Å². The Labute approximate surface area is 229 Å². The van der Waals surface area contributed by atoms with E-state index in [9.17, 15) is 0 Å². The summed E-state index contributed by atoms with van der Waals surface area (Å²) in [6.07, 6.45) is 0. The third-order valence-corrected chi connectivity index (χ3v) is 6.72. The van der Waals surface area contributed by atoms with Gasteiger partial charge in [-0.25, -0.2) is 9.97 Å². The molecule has 1 aromatic carbocycles. The fraction of sp³-hybridized carbons (Fsp3) is 0.556. The molecule has 2 aliphatic rings. The summed E-state index contributed by atoms with van der Waals surface area (Å²) in [7, 11) is 0. The number of rotatable bonds is 13. The maximum atomic E-state index is 5.89. The van der Waals surface area contributed by atoms with Crippen molar-refractivity contribution < 1.29 is 14.2 Å². The van der Waals surface area contributed by atoms with Gasteiger partial charge < -0.3 is 30.2 Å². The zero-order valence-corrected chi connectivity index (χ0v) is 22.7. The van der Waals surface area contributed by atoms with E-state index in [0.717, 1.165) is 84.3 Å². The van der Waals surface area contributed by atoms with E-state index in [0.29, 0.717) is 47.8 Å². The van der Waals surface area contributed by atoms with Gasteiger partial charge in [-0.2, -0.15) is 9.97 Å². The summed E-state index contributed by atoms with van der Waals surface area (Å²) in [6.45, 7) is 13.1. The third-order valence-electron chi connectivity index (χ3n) is 6.72. The molecule has 12 heteroatoms. The Kier molecular flexibility index (Phi) is 9.91. The van der Waals surface area contributed by atoms with Gasteiger partial charge in [0.2, 0.25) is 5.95 Å². The summed E-state index contributed by atoms with van der Waals surface area (Å²) in [6, 6.07) is 10.2. The minimum Gasteiger partial charge on any atom is -0.475 e. The number of anilines is 3. The number of aromatic nitrogens is 4. The Morgan fingerprint density at radius 2 is 1.41 bits per heavy atom. The summed E-state index contributed by atoms with van der Waals surface area (Å²) >= 11 is 0. The number of morpholine rings is 2. The lowest BCUT2D eigenvalue weighted by molar-refractivity contribution is 0.0398. The first kappa shape index (κ1) is 27.3. The van der Waals surface area contributed by atoms with Gasteiger partial charge in [0.25, 0.3) is 5.88 Å². The first-order valence-electron chi connectivity index (χ1n) is 13.9. The largest absolute Gasteiger partial charge is 0.475 e. The van der Waals surface area contributed by atoms with Gasteiger partial charge in [-0.1, -0.05) is 30.3 Å². The van der Waals surface area contributed by atoms with Crippen LogP contribution in [0, 0.1) is 0 Å². The van der Waals surface area contributed by atoms with Crippen LogP contribution in [-0.2, 0) is 16.0 Å². The number of benzene rings is 1. The molecule has 39 heavy (non-hydrogen) atoms. The third kappa shape index (κ3) is 7.85. The van der Waals surface area contributed by atoms with Crippen molar-refractivity contribution in [3.63, 3.8) is 0 Å². The number of nitrogens with one attached hydrogen (secondary N) is 3. The summed E-state index contributed by atoms with van der Waals surface area (Å²) in [5.41, 5.74) is 2.24. The molecule has 12 nitrogen and oxygen atoms in total. The van der Waals surface area contributed by atoms with Crippen LogP contribution in [0.4, 0.5) is 17.6 Å². The Morgan fingerprint density at radius 1 is 0.769 bits per heavy atom. The van der Waals surface area contributed by atoms with E-state index in [1.807, 2.05) is 25.1 Å². The number of nitrogens with zero attached hydrogens (tertiary/aromatic N) is 6. The van der Waals surface area contributed by atoms with E-state index in [1.165, 1.54) is 0 Å². The monoisotopic (exact) mass is 537 g/mol. The molecule has 0 amide bonds. The van der Waals surface area contributed by atoms with Crippen LogP contribution in [0.3, 0.4) is 0 Å². The van der Waals surface area contributed by atoms with Crippen molar-refractivity contribution in [3.05, 3.63) is 35.9 Å². The second-order valence-corrected chi connectivity index (χ2v) is 9.48. The molecule has 210 valence electrons. The van der Waals surface area contributed by atoms with Crippen molar-refractivity contribution in [2.45, 2.75) is 13.5 Å². The summed E-state index contributed by atoms with van der Waals surface area (Å²) in [5.74, 6) is 2.18. The molecule has 0 radical (unpaired) electrons. The Hall–Kier alpha value is -3.32. The molecule has 5 rings (SSSR count).